The van der Waals surface area contributed by atoms with Crippen LogP contribution >= 0.6 is 0 Å². The molecule has 6 nitrogen and oxygen atoms in total. The molecule has 2 atom stereocenters. The van der Waals surface area contributed by atoms with Crippen LogP contribution in [0.25, 0.3) is 0 Å². The molecule has 0 aromatic heterocycles. The van der Waals surface area contributed by atoms with Crippen molar-refractivity contribution in [1.29, 1.82) is 0 Å². The number of hydrogen-bond acceptors (Lipinski definition) is 4. The number of carboxylic acid groups (broad SMARTS) is 1. The molecular formula is C13H11NO5. The highest BCUT2D eigenvalue weighted by molar-refractivity contribution is 6.02. The van der Waals surface area contributed by atoms with Crippen molar-refractivity contribution in [2.75, 3.05) is 6.61 Å². The number of carboxylic acids is 1. The molecule has 0 spiro atoms. The van der Waals surface area contributed by atoms with Gasteiger partial charge in [-0.2, -0.15) is 0 Å². The Labute approximate surface area is 108 Å². The van der Waals surface area contributed by atoms with Gasteiger partial charge >= 0.3 is 11.9 Å². The van der Waals surface area contributed by atoms with Crippen LogP contribution in [0.15, 0.2) is 24.3 Å². The lowest BCUT2D eigenvalue weighted by Gasteiger charge is -2.41. The Morgan fingerprint density at radius 1 is 1.32 bits per heavy atom. The lowest BCUT2D eigenvalue weighted by atomic mass is 9.91. The van der Waals surface area contributed by atoms with Crippen molar-refractivity contribution in [1.82, 2.24) is 4.90 Å². The molecule has 1 saturated heterocycles. The third-order valence-electron chi connectivity index (χ3n) is 3.51. The Morgan fingerprint density at radius 3 is 2.79 bits per heavy atom. The number of ether oxygens (including phenoxy) is 1. The molecular weight excluding hydrogens is 250 g/mol. The summed E-state index contributed by atoms with van der Waals surface area (Å²) < 4.78 is 4.87. The van der Waals surface area contributed by atoms with E-state index in [1.807, 2.05) is 0 Å². The number of aliphatic carboxylic acids is 1. The van der Waals surface area contributed by atoms with Crippen LogP contribution in [0.5, 0.6) is 0 Å². The summed E-state index contributed by atoms with van der Waals surface area (Å²) in [5.74, 6) is -2.12. The summed E-state index contributed by atoms with van der Waals surface area (Å²) in [6.07, 6.45) is 0.296. The first kappa shape index (κ1) is 11.7. The largest absolute Gasteiger partial charge is 0.480 e. The van der Waals surface area contributed by atoms with Gasteiger partial charge in [0.1, 0.15) is 12.6 Å². The average Bonchev–Trinajstić information content (AvgIpc) is 2.40. The van der Waals surface area contributed by atoms with Gasteiger partial charge < -0.3 is 14.7 Å². The van der Waals surface area contributed by atoms with Crippen LogP contribution in [0.1, 0.15) is 15.9 Å². The number of cyclic esters (lactones) is 1. The highest BCUT2D eigenvalue weighted by Gasteiger charge is 2.47. The molecule has 2 aliphatic heterocycles. The van der Waals surface area contributed by atoms with Gasteiger partial charge in [0.25, 0.3) is 5.91 Å². The van der Waals surface area contributed by atoms with Crippen LogP contribution < -0.4 is 0 Å². The quantitative estimate of drug-likeness (QED) is 0.723. The van der Waals surface area contributed by atoms with E-state index in [0.29, 0.717) is 12.0 Å². The molecule has 0 bridgehead atoms. The molecule has 6 heteroatoms. The number of benzene rings is 1. The molecule has 3 rings (SSSR count). The molecule has 0 unspecified atom stereocenters. The van der Waals surface area contributed by atoms with Crippen molar-refractivity contribution < 1.29 is 24.2 Å². The Kier molecular flexibility index (Phi) is 2.51. The second-order valence-corrected chi connectivity index (χ2v) is 4.57. The first-order valence-corrected chi connectivity index (χ1v) is 5.89. The Balaban J connectivity index is 2.08. The number of carbonyl (C=O) groups excluding carboxylic acids is 2. The summed E-state index contributed by atoms with van der Waals surface area (Å²) in [4.78, 5) is 36.4. The van der Waals surface area contributed by atoms with E-state index in [1.54, 1.807) is 24.3 Å². The maximum atomic E-state index is 12.4. The van der Waals surface area contributed by atoms with E-state index >= 15 is 0 Å². The number of esters is 1. The smallest absolute Gasteiger partial charge is 0.330 e. The monoisotopic (exact) mass is 261 g/mol. The lowest BCUT2D eigenvalue weighted by molar-refractivity contribution is -0.167. The first-order valence-electron chi connectivity index (χ1n) is 5.89. The van der Waals surface area contributed by atoms with Crippen molar-refractivity contribution in [3.05, 3.63) is 35.4 Å². The fourth-order valence-electron chi connectivity index (χ4n) is 2.58. The van der Waals surface area contributed by atoms with Gasteiger partial charge in [0.2, 0.25) is 0 Å². The molecule has 1 aromatic carbocycles. The van der Waals surface area contributed by atoms with Gasteiger partial charge in [0.15, 0.2) is 6.04 Å². The molecule has 1 N–H and O–H groups in total. The second-order valence-electron chi connectivity index (χ2n) is 4.57. The summed E-state index contributed by atoms with van der Waals surface area (Å²) in [6, 6.07) is 4.97. The second kappa shape index (κ2) is 4.08. The van der Waals surface area contributed by atoms with Crippen LogP contribution in [-0.4, -0.2) is 46.5 Å². The van der Waals surface area contributed by atoms with Gasteiger partial charge in [-0.15, -0.1) is 0 Å². The van der Waals surface area contributed by atoms with Crippen molar-refractivity contribution in [2.24, 2.45) is 0 Å². The normalized spacial score (nSPS) is 25.4. The topological polar surface area (TPSA) is 83.9 Å². The minimum atomic E-state index is -1.16. The van der Waals surface area contributed by atoms with E-state index in [1.165, 1.54) is 0 Å². The predicted octanol–water partition coefficient (Wildman–Crippen LogP) is 0.0635. The SMILES string of the molecule is O=C(O)[C@@H]1COC(=O)[C@@H]2Cc3ccccc3C(=O)N12. The standard InChI is InChI=1S/C13H11NO5/c15-11-8-4-2-1-3-7(8)5-9-13(18)19-6-10(12(16)17)14(9)11/h1-4,9-10H,5-6H2,(H,16,17)/t9-,10-/m0/s1. The van der Waals surface area contributed by atoms with E-state index < -0.39 is 29.9 Å². The number of nitrogens with zero attached hydrogens (tertiary/aromatic N) is 1. The molecule has 98 valence electrons. The Bertz CT molecular complexity index is 582. The van der Waals surface area contributed by atoms with Crippen LogP contribution in [0.3, 0.4) is 0 Å². The molecule has 0 aliphatic carbocycles. The molecule has 1 aromatic rings. The van der Waals surface area contributed by atoms with E-state index in [4.69, 9.17) is 9.84 Å². The molecule has 1 amide bonds. The third kappa shape index (κ3) is 1.68. The van der Waals surface area contributed by atoms with E-state index in [9.17, 15) is 14.4 Å². The van der Waals surface area contributed by atoms with Crippen molar-refractivity contribution in [3.63, 3.8) is 0 Å². The summed E-state index contributed by atoms with van der Waals surface area (Å²) in [5.41, 5.74) is 1.21. The summed E-state index contributed by atoms with van der Waals surface area (Å²) >= 11 is 0. The zero-order chi connectivity index (χ0) is 13.6. The fraction of sp³-hybridized carbons (Fsp3) is 0.308. The van der Waals surface area contributed by atoms with Gasteiger partial charge in [-0.3, -0.25) is 4.79 Å². The number of morpholine rings is 1. The summed E-state index contributed by atoms with van der Waals surface area (Å²) in [7, 11) is 0. The highest BCUT2D eigenvalue weighted by Crippen LogP contribution is 2.28. The molecule has 0 radical (unpaired) electrons. The number of fused-ring (bicyclic) bond motifs is 2. The molecule has 2 aliphatic rings. The first-order chi connectivity index (χ1) is 9.09. The lowest BCUT2D eigenvalue weighted by Crippen LogP contribution is -2.62. The van der Waals surface area contributed by atoms with Crippen LogP contribution in [0.2, 0.25) is 0 Å². The molecule has 1 fully saturated rings. The zero-order valence-corrected chi connectivity index (χ0v) is 9.91. The number of hydrogen-bond donors (Lipinski definition) is 1. The molecule has 0 saturated carbocycles. The molecule has 2 heterocycles. The van der Waals surface area contributed by atoms with Crippen molar-refractivity contribution >= 4 is 17.8 Å². The maximum Gasteiger partial charge on any atom is 0.330 e. The summed E-state index contributed by atoms with van der Waals surface area (Å²) in [6.45, 7) is -0.293. The van der Waals surface area contributed by atoms with Crippen LogP contribution in [0, 0.1) is 0 Å². The summed E-state index contributed by atoms with van der Waals surface area (Å²) in [5, 5.41) is 9.14. The van der Waals surface area contributed by atoms with Crippen molar-refractivity contribution in [3.8, 4) is 0 Å². The third-order valence-corrected chi connectivity index (χ3v) is 3.51. The van der Waals surface area contributed by atoms with Gasteiger partial charge in [-0.1, -0.05) is 18.2 Å². The van der Waals surface area contributed by atoms with Gasteiger partial charge in [-0.05, 0) is 11.6 Å². The number of carbonyl (C=O) groups is 3. The number of amides is 1. The van der Waals surface area contributed by atoms with Crippen LogP contribution in [0.4, 0.5) is 0 Å². The van der Waals surface area contributed by atoms with Crippen molar-refractivity contribution in [2.45, 2.75) is 18.5 Å². The van der Waals surface area contributed by atoms with Gasteiger partial charge in [0.05, 0.1) is 0 Å². The minimum absolute atomic E-state index is 0.293. The van der Waals surface area contributed by atoms with E-state index in [0.717, 1.165) is 10.5 Å². The number of rotatable bonds is 1. The minimum Gasteiger partial charge on any atom is -0.480 e. The average molecular weight is 261 g/mol. The maximum absolute atomic E-state index is 12.4. The highest BCUT2D eigenvalue weighted by atomic mass is 16.5. The van der Waals surface area contributed by atoms with Gasteiger partial charge in [-0.25, -0.2) is 9.59 Å². The fourth-order valence-corrected chi connectivity index (χ4v) is 2.58. The van der Waals surface area contributed by atoms with E-state index in [-0.39, 0.29) is 6.61 Å². The Hall–Kier alpha value is -2.37. The molecule has 19 heavy (non-hydrogen) atoms. The van der Waals surface area contributed by atoms with Gasteiger partial charge in [0, 0.05) is 12.0 Å². The predicted molar refractivity (Wildman–Crippen MR) is 62.5 cm³/mol. The van der Waals surface area contributed by atoms with E-state index in [2.05, 4.69) is 0 Å². The zero-order valence-electron chi connectivity index (χ0n) is 9.91. The van der Waals surface area contributed by atoms with Crippen LogP contribution in [-0.2, 0) is 20.7 Å². The Morgan fingerprint density at radius 2 is 2.05 bits per heavy atom.